The van der Waals surface area contributed by atoms with Crippen LogP contribution in [0.2, 0.25) is 0 Å². The van der Waals surface area contributed by atoms with Crippen molar-refractivity contribution in [2.24, 2.45) is 0 Å². The zero-order chi connectivity index (χ0) is 20.5. The molecule has 0 bridgehead atoms. The monoisotopic (exact) mass is 452 g/mol. The van der Waals surface area contributed by atoms with Crippen LogP contribution >= 0.6 is 34.4 Å². The molecule has 5 nitrogen and oxygen atoms in total. The Bertz CT molecular complexity index is 1230. The van der Waals surface area contributed by atoms with Gasteiger partial charge in [0.25, 0.3) is 0 Å². The maximum Gasteiger partial charge on any atom is 0.231 e. The summed E-state index contributed by atoms with van der Waals surface area (Å²) >= 11 is 5.06. The lowest BCUT2D eigenvalue weighted by Crippen LogP contribution is -2.15. The van der Waals surface area contributed by atoms with Crippen LogP contribution in [-0.2, 0) is 29.8 Å². The lowest BCUT2D eigenvalue weighted by Gasteiger charge is -2.06. The zero-order valence-corrected chi connectivity index (χ0v) is 18.9. The Morgan fingerprint density at radius 1 is 1.23 bits per heavy atom. The van der Waals surface area contributed by atoms with E-state index in [2.05, 4.69) is 20.3 Å². The summed E-state index contributed by atoms with van der Waals surface area (Å²) in [5.74, 6) is 0.705. The number of nitrogens with zero attached hydrogens (tertiary/aromatic N) is 3. The first kappa shape index (κ1) is 19.7. The molecule has 8 heteroatoms. The fourth-order valence-electron chi connectivity index (χ4n) is 3.69. The molecule has 1 aliphatic carbocycles. The van der Waals surface area contributed by atoms with Gasteiger partial charge in [-0.05, 0) is 43.4 Å². The fraction of sp³-hybridized carbons (Fsp3) is 0.273. The minimum atomic E-state index is -0.0378. The average molecular weight is 453 g/mol. The number of fused-ring (bicyclic) bond motifs is 3. The van der Waals surface area contributed by atoms with Gasteiger partial charge in [0.15, 0.2) is 0 Å². The summed E-state index contributed by atoms with van der Waals surface area (Å²) in [7, 11) is 0. The van der Waals surface area contributed by atoms with Crippen LogP contribution < -0.4 is 5.32 Å². The molecule has 0 fully saturated rings. The predicted molar refractivity (Wildman–Crippen MR) is 125 cm³/mol. The molecular weight excluding hydrogens is 432 g/mol. The quantitative estimate of drug-likeness (QED) is 0.313. The summed E-state index contributed by atoms with van der Waals surface area (Å²) in [6.07, 6.45) is 5.49. The molecule has 0 spiro atoms. The van der Waals surface area contributed by atoms with Crippen LogP contribution in [0.15, 0.2) is 41.0 Å². The Morgan fingerprint density at radius 3 is 3.03 bits per heavy atom. The zero-order valence-electron chi connectivity index (χ0n) is 16.5. The first-order valence-electron chi connectivity index (χ1n) is 9.84. The minimum Gasteiger partial charge on any atom is -0.325 e. The number of thiazole rings is 1. The van der Waals surface area contributed by atoms with E-state index in [1.54, 1.807) is 18.1 Å². The molecule has 1 aromatic carbocycles. The summed E-state index contributed by atoms with van der Waals surface area (Å²) in [4.78, 5) is 28.6. The van der Waals surface area contributed by atoms with E-state index < -0.39 is 0 Å². The summed E-state index contributed by atoms with van der Waals surface area (Å²) in [6.45, 7) is 1.99. The number of anilines is 1. The highest BCUT2D eigenvalue weighted by Crippen LogP contribution is 2.40. The third-order valence-electron chi connectivity index (χ3n) is 5.15. The largest absolute Gasteiger partial charge is 0.325 e. The number of hydrogen-bond acceptors (Lipinski definition) is 7. The first-order valence-corrected chi connectivity index (χ1v) is 12.5. The molecule has 152 valence electrons. The van der Waals surface area contributed by atoms with Crippen molar-refractivity contribution < 1.29 is 4.79 Å². The maximum atomic E-state index is 12.4. The van der Waals surface area contributed by atoms with E-state index in [9.17, 15) is 4.79 Å². The van der Waals surface area contributed by atoms with Crippen LogP contribution in [0.4, 0.5) is 5.69 Å². The van der Waals surface area contributed by atoms with Crippen molar-refractivity contribution in [2.45, 2.75) is 43.4 Å². The van der Waals surface area contributed by atoms with Gasteiger partial charge in [0.2, 0.25) is 5.91 Å². The Morgan fingerprint density at radius 2 is 2.13 bits per heavy atom. The molecule has 0 radical (unpaired) electrons. The van der Waals surface area contributed by atoms with Crippen molar-refractivity contribution in [3.63, 3.8) is 0 Å². The molecular formula is C22H20N4OS3. The summed E-state index contributed by atoms with van der Waals surface area (Å²) < 4.78 is 0. The first-order chi connectivity index (χ1) is 14.7. The van der Waals surface area contributed by atoms with Crippen LogP contribution in [0.1, 0.15) is 33.1 Å². The van der Waals surface area contributed by atoms with Gasteiger partial charge in [0.05, 0.1) is 12.1 Å². The van der Waals surface area contributed by atoms with Crippen molar-refractivity contribution in [3.05, 3.63) is 62.7 Å². The van der Waals surface area contributed by atoms with Crippen LogP contribution in [0.3, 0.4) is 0 Å². The van der Waals surface area contributed by atoms with Gasteiger partial charge in [0, 0.05) is 27.1 Å². The molecule has 1 aliphatic rings. The van der Waals surface area contributed by atoms with E-state index in [1.807, 2.05) is 47.9 Å². The van der Waals surface area contributed by atoms with Gasteiger partial charge < -0.3 is 5.32 Å². The standard InChI is InChI=1S/C22H20N4OS3/c1-13-5-2-3-7-16(13)26-18(27)9-19-25-14(10-28-19)11-29-21-20-15-6-4-8-17(15)30-22(20)24-12-23-21/h2-3,5,7,10,12H,4,6,8-9,11H2,1H3,(H,26,27). The number of carbonyl (C=O) groups is 1. The molecule has 3 aromatic heterocycles. The van der Waals surface area contributed by atoms with E-state index in [4.69, 9.17) is 0 Å². The van der Waals surface area contributed by atoms with Gasteiger partial charge in [-0.3, -0.25) is 4.79 Å². The van der Waals surface area contributed by atoms with Gasteiger partial charge in [-0.1, -0.05) is 30.0 Å². The Hall–Kier alpha value is -2.29. The minimum absolute atomic E-state index is 0.0378. The van der Waals surface area contributed by atoms with Gasteiger partial charge >= 0.3 is 0 Å². The number of para-hydroxylation sites is 1. The summed E-state index contributed by atoms with van der Waals surface area (Å²) in [5, 5.41) is 8.14. The van der Waals surface area contributed by atoms with Crippen LogP contribution in [0.25, 0.3) is 10.2 Å². The lowest BCUT2D eigenvalue weighted by atomic mass is 10.2. The fourth-order valence-corrected chi connectivity index (χ4v) is 6.80. The predicted octanol–water partition coefficient (Wildman–Crippen LogP) is 5.42. The van der Waals surface area contributed by atoms with E-state index in [-0.39, 0.29) is 5.91 Å². The molecule has 1 amide bonds. The van der Waals surface area contributed by atoms with Crippen LogP contribution in [0.5, 0.6) is 0 Å². The van der Waals surface area contributed by atoms with Gasteiger partial charge in [-0.15, -0.1) is 22.7 Å². The highest BCUT2D eigenvalue weighted by molar-refractivity contribution is 7.98. The molecule has 0 atom stereocenters. The highest BCUT2D eigenvalue weighted by Gasteiger charge is 2.21. The van der Waals surface area contributed by atoms with Crippen molar-refractivity contribution in [2.75, 3.05) is 5.32 Å². The number of rotatable bonds is 6. The van der Waals surface area contributed by atoms with Gasteiger partial charge in [-0.2, -0.15) is 0 Å². The normalized spacial score (nSPS) is 13.0. The van der Waals surface area contributed by atoms with Crippen LogP contribution in [0, 0.1) is 6.92 Å². The number of amides is 1. The molecule has 5 rings (SSSR count). The Kier molecular flexibility index (Phi) is 5.54. The third kappa shape index (κ3) is 3.99. The molecule has 0 aliphatic heterocycles. The van der Waals surface area contributed by atoms with E-state index in [1.165, 1.54) is 40.0 Å². The average Bonchev–Trinajstić information content (AvgIpc) is 3.44. The molecule has 4 aromatic rings. The van der Waals surface area contributed by atoms with Crippen molar-refractivity contribution >= 4 is 56.2 Å². The number of carbonyl (C=O) groups excluding carboxylic acids is 1. The van der Waals surface area contributed by atoms with Gasteiger partial charge in [0.1, 0.15) is 21.2 Å². The van der Waals surface area contributed by atoms with E-state index >= 15 is 0 Å². The van der Waals surface area contributed by atoms with Crippen molar-refractivity contribution in [3.8, 4) is 0 Å². The Labute approximate surface area is 187 Å². The second kappa shape index (κ2) is 8.45. The highest BCUT2D eigenvalue weighted by atomic mass is 32.2. The molecule has 0 saturated carbocycles. The second-order valence-corrected chi connectivity index (χ2v) is 10.3. The lowest BCUT2D eigenvalue weighted by molar-refractivity contribution is -0.115. The van der Waals surface area contributed by atoms with E-state index in [0.29, 0.717) is 6.42 Å². The number of aryl methyl sites for hydroxylation is 3. The molecule has 1 N–H and O–H groups in total. The number of nitrogens with one attached hydrogen (secondary N) is 1. The van der Waals surface area contributed by atoms with Gasteiger partial charge in [-0.25, -0.2) is 15.0 Å². The van der Waals surface area contributed by atoms with Crippen molar-refractivity contribution in [1.82, 2.24) is 15.0 Å². The Balaban J connectivity index is 1.24. The smallest absolute Gasteiger partial charge is 0.231 e. The number of thiophene rings is 1. The number of aromatic nitrogens is 3. The second-order valence-electron chi connectivity index (χ2n) is 7.28. The SMILES string of the molecule is Cc1ccccc1NC(=O)Cc1nc(CSc2ncnc3sc4c(c23)CCC4)cs1. The van der Waals surface area contributed by atoms with Crippen LogP contribution in [-0.4, -0.2) is 20.9 Å². The molecule has 30 heavy (non-hydrogen) atoms. The summed E-state index contributed by atoms with van der Waals surface area (Å²) in [5.41, 5.74) is 4.34. The number of benzene rings is 1. The molecule has 3 heterocycles. The molecule has 0 saturated heterocycles. The third-order valence-corrected chi connectivity index (χ3v) is 8.27. The van der Waals surface area contributed by atoms with E-state index in [0.717, 1.165) is 44.0 Å². The topological polar surface area (TPSA) is 67.8 Å². The summed E-state index contributed by atoms with van der Waals surface area (Å²) in [6, 6.07) is 7.79. The number of hydrogen-bond donors (Lipinski definition) is 1. The maximum absolute atomic E-state index is 12.4. The number of thioether (sulfide) groups is 1. The van der Waals surface area contributed by atoms with Crippen molar-refractivity contribution in [1.29, 1.82) is 0 Å². The molecule has 0 unspecified atom stereocenters.